The van der Waals surface area contributed by atoms with Gasteiger partial charge in [0.15, 0.2) is 0 Å². The number of hydrogen-bond donors (Lipinski definition) is 1. The second kappa shape index (κ2) is 8.35. The van der Waals surface area contributed by atoms with Gasteiger partial charge in [0.1, 0.15) is 0 Å². The van der Waals surface area contributed by atoms with E-state index >= 15 is 0 Å². The van der Waals surface area contributed by atoms with Crippen LogP contribution in [0.15, 0.2) is 0 Å². The first-order valence-corrected chi connectivity index (χ1v) is 9.73. The average Bonchev–Trinajstić information content (AvgIpc) is 2.85. The average molecular weight is 350 g/mol. The molecule has 5 nitrogen and oxygen atoms in total. The molecule has 1 saturated heterocycles. The molecule has 2 rings (SSSR count). The lowest BCUT2D eigenvalue weighted by molar-refractivity contribution is -0.134. The quantitative estimate of drug-likeness (QED) is 0.823. The highest BCUT2D eigenvalue weighted by Crippen LogP contribution is 2.34. The van der Waals surface area contributed by atoms with Crippen LogP contribution in [0.5, 0.6) is 0 Å². The minimum absolute atomic E-state index is 0.0297. The van der Waals surface area contributed by atoms with Crippen molar-refractivity contribution in [3.63, 3.8) is 0 Å². The second-order valence-corrected chi connectivity index (χ2v) is 8.12. The Morgan fingerprint density at radius 1 is 1.28 bits per heavy atom. The number of aliphatic hydroxyl groups is 1. The van der Waals surface area contributed by atoms with Gasteiger partial charge in [-0.1, -0.05) is 20.8 Å². The first-order valence-electron chi connectivity index (χ1n) is 9.73. The summed E-state index contributed by atoms with van der Waals surface area (Å²) in [6, 6.07) is 0. The Kier molecular flexibility index (Phi) is 6.66. The standard InChI is InChI=1S/C20H35N3O2/c1-6-20(14-24)9-11-22(12-10-20)19(25)8-7-18-16(4)21-23(17(18)5)13-15(2)3/h15,24H,6-14H2,1-5H3. The van der Waals surface area contributed by atoms with E-state index in [4.69, 9.17) is 0 Å². The molecule has 0 spiro atoms. The van der Waals surface area contributed by atoms with E-state index < -0.39 is 0 Å². The molecule has 0 saturated carbocycles. The molecule has 0 aromatic carbocycles. The number of hydrogen-bond acceptors (Lipinski definition) is 3. The summed E-state index contributed by atoms with van der Waals surface area (Å²) in [6.07, 6.45) is 4.13. The number of carbonyl (C=O) groups excluding carboxylic acids is 1. The van der Waals surface area contributed by atoms with Gasteiger partial charge < -0.3 is 10.0 Å². The van der Waals surface area contributed by atoms with Crippen molar-refractivity contribution in [2.45, 2.75) is 73.3 Å². The van der Waals surface area contributed by atoms with Crippen LogP contribution in [0, 0.1) is 25.2 Å². The van der Waals surface area contributed by atoms with E-state index in [1.807, 2.05) is 11.8 Å². The van der Waals surface area contributed by atoms with E-state index in [2.05, 4.69) is 37.5 Å². The molecule has 1 amide bonds. The van der Waals surface area contributed by atoms with Crippen LogP contribution in [-0.4, -0.2) is 45.4 Å². The Morgan fingerprint density at radius 2 is 1.92 bits per heavy atom. The lowest BCUT2D eigenvalue weighted by Crippen LogP contribution is -2.44. The van der Waals surface area contributed by atoms with Crippen LogP contribution in [-0.2, 0) is 17.8 Å². The van der Waals surface area contributed by atoms with Gasteiger partial charge in [0.25, 0.3) is 0 Å². The third-order valence-corrected chi connectivity index (χ3v) is 5.92. The molecule has 1 aromatic rings. The fraction of sp³-hybridized carbons (Fsp3) is 0.800. The summed E-state index contributed by atoms with van der Waals surface area (Å²) in [5.41, 5.74) is 3.50. The first-order chi connectivity index (χ1) is 11.8. The van der Waals surface area contributed by atoms with Gasteiger partial charge in [0.2, 0.25) is 5.91 Å². The van der Waals surface area contributed by atoms with Crippen molar-refractivity contribution in [3.8, 4) is 0 Å². The first kappa shape index (κ1) is 20.0. The predicted octanol–water partition coefficient (Wildman–Crippen LogP) is 3.10. The summed E-state index contributed by atoms with van der Waals surface area (Å²) in [4.78, 5) is 14.6. The van der Waals surface area contributed by atoms with Crippen molar-refractivity contribution in [1.29, 1.82) is 0 Å². The van der Waals surface area contributed by atoms with E-state index in [-0.39, 0.29) is 17.9 Å². The van der Waals surface area contributed by atoms with Crippen molar-refractivity contribution in [1.82, 2.24) is 14.7 Å². The molecule has 5 heteroatoms. The number of amides is 1. The highest BCUT2D eigenvalue weighted by molar-refractivity contribution is 5.76. The van der Waals surface area contributed by atoms with Crippen LogP contribution in [0.25, 0.3) is 0 Å². The molecule has 0 radical (unpaired) electrons. The summed E-state index contributed by atoms with van der Waals surface area (Å²) < 4.78 is 2.08. The Bertz CT molecular complexity index is 578. The van der Waals surface area contributed by atoms with Crippen LogP contribution in [0.1, 0.15) is 63.4 Å². The van der Waals surface area contributed by atoms with Gasteiger partial charge in [-0.2, -0.15) is 5.10 Å². The van der Waals surface area contributed by atoms with Crippen LogP contribution < -0.4 is 0 Å². The smallest absolute Gasteiger partial charge is 0.222 e. The van der Waals surface area contributed by atoms with Gasteiger partial charge in [0.05, 0.1) is 5.69 Å². The van der Waals surface area contributed by atoms with Crippen LogP contribution in [0.4, 0.5) is 0 Å². The number of aliphatic hydroxyl groups excluding tert-OH is 1. The minimum Gasteiger partial charge on any atom is -0.396 e. The molecule has 1 aliphatic heterocycles. The summed E-state index contributed by atoms with van der Waals surface area (Å²) in [6.45, 7) is 13.4. The fourth-order valence-corrected chi connectivity index (χ4v) is 3.86. The van der Waals surface area contributed by atoms with Crippen molar-refractivity contribution in [2.24, 2.45) is 11.3 Å². The topological polar surface area (TPSA) is 58.4 Å². The van der Waals surface area contributed by atoms with Crippen LogP contribution in [0.2, 0.25) is 0 Å². The van der Waals surface area contributed by atoms with Crippen LogP contribution in [0.3, 0.4) is 0 Å². The SMILES string of the molecule is CCC1(CO)CCN(C(=O)CCc2c(C)nn(CC(C)C)c2C)CC1. The molecule has 1 aliphatic rings. The molecule has 1 fully saturated rings. The number of nitrogens with zero attached hydrogens (tertiary/aromatic N) is 3. The molecule has 1 N–H and O–H groups in total. The Balaban J connectivity index is 1.92. The minimum atomic E-state index is 0.0297. The van der Waals surface area contributed by atoms with Crippen molar-refractivity contribution in [3.05, 3.63) is 17.0 Å². The summed E-state index contributed by atoms with van der Waals surface area (Å²) in [5, 5.41) is 14.3. The van der Waals surface area contributed by atoms with Gasteiger partial charge in [-0.15, -0.1) is 0 Å². The zero-order chi connectivity index (χ0) is 18.6. The maximum Gasteiger partial charge on any atom is 0.222 e. The zero-order valence-corrected chi connectivity index (χ0v) is 16.6. The molecular weight excluding hydrogens is 314 g/mol. The van der Waals surface area contributed by atoms with Crippen molar-refractivity contribution >= 4 is 5.91 Å². The van der Waals surface area contributed by atoms with E-state index in [9.17, 15) is 9.90 Å². The highest BCUT2D eigenvalue weighted by Gasteiger charge is 2.33. The molecule has 0 aliphatic carbocycles. The monoisotopic (exact) mass is 349 g/mol. The number of aromatic nitrogens is 2. The Hall–Kier alpha value is -1.36. The lowest BCUT2D eigenvalue weighted by atomic mass is 9.77. The van der Waals surface area contributed by atoms with Gasteiger partial charge >= 0.3 is 0 Å². The van der Waals surface area contributed by atoms with E-state index in [0.29, 0.717) is 12.3 Å². The molecule has 0 atom stereocenters. The number of piperidine rings is 1. The molecule has 1 aromatic heterocycles. The number of aryl methyl sites for hydroxylation is 1. The lowest BCUT2D eigenvalue weighted by Gasteiger charge is -2.40. The van der Waals surface area contributed by atoms with Gasteiger partial charge in [-0.05, 0) is 56.4 Å². The molecule has 0 bridgehead atoms. The van der Waals surface area contributed by atoms with E-state index in [1.165, 1.54) is 11.3 Å². The zero-order valence-electron chi connectivity index (χ0n) is 16.6. The normalized spacial score (nSPS) is 17.3. The molecule has 0 unspecified atom stereocenters. The fourth-order valence-electron chi connectivity index (χ4n) is 3.86. The van der Waals surface area contributed by atoms with Gasteiger partial charge in [0, 0.05) is 38.4 Å². The van der Waals surface area contributed by atoms with Crippen molar-refractivity contribution in [2.75, 3.05) is 19.7 Å². The Labute approximate surface area is 152 Å². The summed E-state index contributed by atoms with van der Waals surface area (Å²) >= 11 is 0. The Morgan fingerprint density at radius 3 is 2.44 bits per heavy atom. The van der Waals surface area contributed by atoms with Gasteiger partial charge in [-0.3, -0.25) is 9.48 Å². The molecule has 2 heterocycles. The predicted molar refractivity (Wildman–Crippen MR) is 100 cm³/mol. The van der Waals surface area contributed by atoms with Gasteiger partial charge in [-0.25, -0.2) is 0 Å². The third kappa shape index (κ3) is 4.63. The van der Waals surface area contributed by atoms with Crippen molar-refractivity contribution < 1.29 is 9.90 Å². The largest absolute Gasteiger partial charge is 0.396 e. The molecule has 142 valence electrons. The second-order valence-electron chi connectivity index (χ2n) is 8.12. The maximum absolute atomic E-state index is 12.6. The maximum atomic E-state index is 12.6. The summed E-state index contributed by atoms with van der Waals surface area (Å²) in [7, 11) is 0. The van der Waals surface area contributed by atoms with E-state index in [1.54, 1.807) is 0 Å². The number of likely N-dealkylation sites (tertiary alicyclic amines) is 1. The van der Waals surface area contributed by atoms with Crippen LogP contribution >= 0.6 is 0 Å². The molecular formula is C20H35N3O2. The molecule has 25 heavy (non-hydrogen) atoms. The van der Waals surface area contributed by atoms with E-state index in [0.717, 1.165) is 51.0 Å². The number of rotatable bonds is 7. The summed E-state index contributed by atoms with van der Waals surface area (Å²) in [5.74, 6) is 0.796. The number of carbonyl (C=O) groups is 1. The highest BCUT2D eigenvalue weighted by atomic mass is 16.3. The third-order valence-electron chi connectivity index (χ3n) is 5.92.